The fraction of sp³-hybridized carbons (Fsp3) is 0.647. The highest BCUT2D eigenvalue weighted by molar-refractivity contribution is 7.16. The zero-order valence-electron chi connectivity index (χ0n) is 13.2. The Labute approximate surface area is 131 Å². The number of nitrogens with one attached hydrogen (secondary N) is 1. The zero-order valence-corrected chi connectivity index (χ0v) is 14.0. The van der Waals surface area contributed by atoms with Crippen molar-refractivity contribution in [3.63, 3.8) is 0 Å². The van der Waals surface area contributed by atoms with Crippen molar-refractivity contribution in [2.45, 2.75) is 59.3 Å². The van der Waals surface area contributed by atoms with Gasteiger partial charge in [-0.3, -0.25) is 4.79 Å². The van der Waals surface area contributed by atoms with Crippen LogP contribution in [0.1, 0.15) is 62.5 Å². The van der Waals surface area contributed by atoms with Gasteiger partial charge in [0.15, 0.2) is 0 Å². The molecular weight excluding hydrogens is 280 g/mol. The Kier molecular flexibility index (Phi) is 5.41. The third-order valence-corrected chi connectivity index (χ3v) is 5.82. The van der Waals surface area contributed by atoms with E-state index in [1.807, 2.05) is 13.8 Å². The highest BCUT2D eigenvalue weighted by Crippen LogP contribution is 2.40. The quantitative estimate of drug-likeness (QED) is 0.870. The summed E-state index contributed by atoms with van der Waals surface area (Å²) in [5.41, 5.74) is 1.90. The molecule has 4 heteroatoms. The summed E-state index contributed by atoms with van der Waals surface area (Å²) in [6, 6.07) is 2.31. The molecule has 0 saturated heterocycles. The SMILES string of the molecule is CCC1CCc2c(sc(NC(=O)C(CC)CC)c2C#N)C1. The normalized spacial score (nSPS) is 17.4. The van der Waals surface area contributed by atoms with Crippen molar-refractivity contribution in [2.24, 2.45) is 11.8 Å². The molecule has 1 aromatic rings. The summed E-state index contributed by atoms with van der Waals surface area (Å²) in [6.45, 7) is 6.29. The summed E-state index contributed by atoms with van der Waals surface area (Å²) in [5, 5.41) is 13.2. The van der Waals surface area contributed by atoms with Gasteiger partial charge in [0.1, 0.15) is 11.1 Å². The Balaban J connectivity index is 2.23. The topological polar surface area (TPSA) is 52.9 Å². The van der Waals surface area contributed by atoms with Gasteiger partial charge in [-0.05, 0) is 43.6 Å². The minimum atomic E-state index is 0.0408. The molecule has 0 radical (unpaired) electrons. The first-order valence-corrected chi connectivity index (χ1v) is 8.81. The van der Waals surface area contributed by atoms with Gasteiger partial charge in [0.25, 0.3) is 0 Å². The van der Waals surface area contributed by atoms with Crippen molar-refractivity contribution in [2.75, 3.05) is 5.32 Å². The molecule has 114 valence electrons. The lowest BCUT2D eigenvalue weighted by Gasteiger charge is -2.20. The van der Waals surface area contributed by atoms with Crippen molar-refractivity contribution in [1.82, 2.24) is 0 Å². The van der Waals surface area contributed by atoms with Crippen LogP contribution in [0.25, 0.3) is 0 Å². The molecule has 1 amide bonds. The van der Waals surface area contributed by atoms with Gasteiger partial charge >= 0.3 is 0 Å². The molecule has 1 N–H and O–H groups in total. The van der Waals surface area contributed by atoms with Crippen LogP contribution >= 0.6 is 11.3 Å². The van der Waals surface area contributed by atoms with Crippen molar-refractivity contribution in [3.05, 3.63) is 16.0 Å². The van der Waals surface area contributed by atoms with E-state index in [0.29, 0.717) is 5.56 Å². The van der Waals surface area contributed by atoms with E-state index in [-0.39, 0.29) is 11.8 Å². The number of fused-ring (bicyclic) bond motifs is 1. The third-order valence-electron chi connectivity index (χ3n) is 4.65. The lowest BCUT2D eigenvalue weighted by molar-refractivity contribution is -0.120. The summed E-state index contributed by atoms with van der Waals surface area (Å²) < 4.78 is 0. The maximum atomic E-state index is 12.3. The van der Waals surface area contributed by atoms with Crippen LogP contribution in [-0.4, -0.2) is 5.91 Å². The lowest BCUT2D eigenvalue weighted by Crippen LogP contribution is -2.21. The third kappa shape index (κ3) is 3.29. The first-order chi connectivity index (χ1) is 10.1. The molecule has 0 aromatic carbocycles. The standard InChI is InChI=1S/C17H24N2OS/c1-4-11-7-8-13-14(10-18)17(21-15(13)9-11)19-16(20)12(5-2)6-3/h11-12H,4-9H2,1-3H3,(H,19,20). The first-order valence-electron chi connectivity index (χ1n) is 7.99. The molecule has 0 aliphatic heterocycles. The van der Waals surface area contributed by atoms with E-state index in [2.05, 4.69) is 18.3 Å². The molecule has 1 aliphatic rings. The number of amides is 1. The van der Waals surface area contributed by atoms with Crippen LogP contribution in [0.15, 0.2) is 0 Å². The monoisotopic (exact) mass is 304 g/mol. The highest BCUT2D eigenvalue weighted by Gasteiger charge is 2.26. The van der Waals surface area contributed by atoms with Crippen LogP contribution in [0, 0.1) is 23.2 Å². The van der Waals surface area contributed by atoms with Gasteiger partial charge in [0, 0.05) is 10.8 Å². The number of nitrogens with zero attached hydrogens (tertiary/aromatic N) is 1. The number of carbonyl (C=O) groups excluding carboxylic acids is 1. The van der Waals surface area contributed by atoms with Gasteiger partial charge in [0.2, 0.25) is 5.91 Å². The maximum Gasteiger partial charge on any atom is 0.228 e. The predicted octanol–water partition coefficient (Wildman–Crippen LogP) is 4.51. The highest BCUT2D eigenvalue weighted by atomic mass is 32.1. The van der Waals surface area contributed by atoms with Crippen LogP contribution in [0.3, 0.4) is 0 Å². The molecule has 1 unspecified atom stereocenters. The van der Waals surface area contributed by atoms with Gasteiger partial charge in [-0.25, -0.2) is 0 Å². The van der Waals surface area contributed by atoms with Crippen molar-refractivity contribution in [1.29, 1.82) is 5.26 Å². The summed E-state index contributed by atoms with van der Waals surface area (Å²) in [5.74, 6) is 0.825. The first kappa shape index (κ1) is 16.0. The van der Waals surface area contributed by atoms with E-state index in [1.165, 1.54) is 16.9 Å². The van der Waals surface area contributed by atoms with Crippen LogP contribution in [0.2, 0.25) is 0 Å². The van der Waals surface area contributed by atoms with Gasteiger partial charge in [0.05, 0.1) is 5.56 Å². The van der Waals surface area contributed by atoms with Crippen molar-refractivity contribution >= 4 is 22.2 Å². The molecular formula is C17H24N2OS. The second kappa shape index (κ2) is 7.09. The minimum Gasteiger partial charge on any atom is -0.316 e. The number of carbonyl (C=O) groups is 1. The molecule has 1 aromatic heterocycles. The van der Waals surface area contributed by atoms with Crippen molar-refractivity contribution in [3.8, 4) is 6.07 Å². The number of hydrogen-bond acceptors (Lipinski definition) is 3. The molecule has 0 spiro atoms. The van der Waals surface area contributed by atoms with E-state index in [9.17, 15) is 10.1 Å². The second-order valence-electron chi connectivity index (χ2n) is 5.84. The molecule has 3 nitrogen and oxygen atoms in total. The average Bonchev–Trinajstić information content (AvgIpc) is 2.84. The Morgan fingerprint density at radius 3 is 2.71 bits per heavy atom. The van der Waals surface area contributed by atoms with E-state index >= 15 is 0 Å². The Hall–Kier alpha value is -1.34. The number of thiophene rings is 1. The second-order valence-corrected chi connectivity index (χ2v) is 6.94. The van der Waals surface area contributed by atoms with Gasteiger partial charge in [-0.15, -0.1) is 11.3 Å². The molecule has 1 aliphatic carbocycles. The largest absolute Gasteiger partial charge is 0.316 e. The van der Waals surface area contributed by atoms with Crippen LogP contribution in [0.5, 0.6) is 0 Å². The molecule has 2 rings (SSSR count). The summed E-state index contributed by atoms with van der Waals surface area (Å²) in [6.07, 6.45) is 6.07. The molecule has 0 saturated carbocycles. The summed E-state index contributed by atoms with van der Waals surface area (Å²) in [4.78, 5) is 13.6. The minimum absolute atomic E-state index is 0.0408. The maximum absolute atomic E-state index is 12.3. The van der Waals surface area contributed by atoms with E-state index in [1.54, 1.807) is 11.3 Å². The number of anilines is 1. The Bertz CT molecular complexity index is 552. The fourth-order valence-electron chi connectivity index (χ4n) is 3.08. The van der Waals surface area contributed by atoms with Crippen molar-refractivity contribution < 1.29 is 4.79 Å². The molecule has 1 atom stereocenters. The lowest BCUT2D eigenvalue weighted by atomic mass is 9.86. The van der Waals surface area contributed by atoms with Crippen LogP contribution in [-0.2, 0) is 17.6 Å². The summed E-state index contributed by atoms with van der Waals surface area (Å²) >= 11 is 1.62. The predicted molar refractivity (Wildman–Crippen MR) is 87.5 cm³/mol. The average molecular weight is 304 g/mol. The van der Waals surface area contributed by atoms with Crippen LogP contribution in [0.4, 0.5) is 5.00 Å². The van der Waals surface area contributed by atoms with Gasteiger partial charge < -0.3 is 5.32 Å². The van der Waals surface area contributed by atoms with Gasteiger partial charge in [-0.1, -0.05) is 27.2 Å². The Morgan fingerprint density at radius 1 is 1.43 bits per heavy atom. The van der Waals surface area contributed by atoms with E-state index in [0.717, 1.165) is 43.0 Å². The molecule has 0 fully saturated rings. The smallest absolute Gasteiger partial charge is 0.228 e. The number of nitriles is 1. The molecule has 0 bridgehead atoms. The number of hydrogen-bond donors (Lipinski definition) is 1. The molecule has 21 heavy (non-hydrogen) atoms. The van der Waals surface area contributed by atoms with Crippen LogP contribution < -0.4 is 5.32 Å². The fourth-order valence-corrected chi connectivity index (χ4v) is 4.40. The van der Waals surface area contributed by atoms with Gasteiger partial charge in [-0.2, -0.15) is 5.26 Å². The number of rotatable bonds is 5. The van der Waals surface area contributed by atoms with E-state index in [4.69, 9.17) is 0 Å². The van der Waals surface area contributed by atoms with E-state index < -0.39 is 0 Å². The zero-order chi connectivity index (χ0) is 15.4. The molecule has 1 heterocycles. The Morgan fingerprint density at radius 2 is 2.14 bits per heavy atom. The summed E-state index contributed by atoms with van der Waals surface area (Å²) in [7, 11) is 0.